The summed E-state index contributed by atoms with van der Waals surface area (Å²) in [5.41, 5.74) is 6.20. The molecule has 0 fully saturated rings. The van der Waals surface area contributed by atoms with E-state index in [1.165, 1.54) is 17.3 Å². The SMILES string of the molecule is COc1ccc(-n2c(C)c(C)c(C#N)c2NC(=O)CSc2nncn2-c2ccc(C)cc2C)cc1. The van der Waals surface area contributed by atoms with Gasteiger partial charge in [-0.25, -0.2) is 0 Å². The summed E-state index contributed by atoms with van der Waals surface area (Å²) in [7, 11) is 1.61. The third-order valence-electron chi connectivity index (χ3n) is 5.87. The van der Waals surface area contributed by atoms with Crippen molar-refractivity contribution in [3.63, 3.8) is 0 Å². The van der Waals surface area contributed by atoms with E-state index in [0.29, 0.717) is 16.5 Å². The number of nitriles is 1. The molecule has 0 saturated carbocycles. The van der Waals surface area contributed by atoms with Crippen LogP contribution in [0, 0.1) is 39.0 Å². The van der Waals surface area contributed by atoms with Crippen molar-refractivity contribution in [2.75, 3.05) is 18.2 Å². The molecule has 0 saturated heterocycles. The van der Waals surface area contributed by atoms with Crippen LogP contribution in [0.15, 0.2) is 53.9 Å². The van der Waals surface area contributed by atoms with Crippen molar-refractivity contribution in [3.8, 4) is 23.2 Å². The highest BCUT2D eigenvalue weighted by atomic mass is 32.2. The fourth-order valence-electron chi connectivity index (χ4n) is 3.98. The largest absolute Gasteiger partial charge is 0.497 e. The van der Waals surface area contributed by atoms with E-state index in [2.05, 4.69) is 27.6 Å². The maximum atomic E-state index is 13.0. The zero-order valence-electron chi connectivity index (χ0n) is 20.3. The Morgan fingerprint density at radius 1 is 1.14 bits per heavy atom. The van der Waals surface area contributed by atoms with Crippen LogP contribution in [0.25, 0.3) is 11.4 Å². The molecule has 0 aliphatic heterocycles. The Labute approximate surface area is 208 Å². The lowest BCUT2D eigenvalue weighted by atomic mass is 10.1. The number of amides is 1. The predicted molar refractivity (Wildman–Crippen MR) is 137 cm³/mol. The summed E-state index contributed by atoms with van der Waals surface area (Å²) in [5.74, 6) is 1.05. The number of hydrogen-bond donors (Lipinski definition) is 1. The van der Waals surface area contributed by atoms with E-state index >= 15 is 0 Å². The quantitative estimate of drug-likeness (QED) is 0.373. The van der Waals surface area contributed by atoms with Gasteiger partial charge in [0.2, 0.25) is 5.91 Å². The van der Waals surface area contributed by atoms with Gasteiger partial charge in [0, 0.05) is 11.4 Å². The zero-order chi connectivity index (χ0) is 25.1. The van der Waals surface area contributed by atoms with Crippen molar-refractivity contribution in [2.24, 2.45) is 0 Å². The number of aryl methyl sites for hydroxylation is 2. The van der Waals surface area contributed by atoms with Crippen molar-refractivity contribution in [1.29, 1.82) is 5.26 Å². The molecule has 0 radical (unpaired) electrons. The summed E-state index contributed by atoms with van der Waals surface area (Å²) in [6.45, 7) is 7.89. The average Bonchev–Trinajstić information content (AvgIpc) is 3.40. The van der Waals surface area contributed by atoms with E-state index < -0.39 is 0 Å². The third kappa shape index (κ3) is 4.79. The van der Waals surface area contributed by atoms with Gasteiger partial charge in [0.25, 0.3) is 0 Å². The van der Waals surface area contributed by atoms with Crippen molar-refractivity contribution in [3.05, 3.63) is 76.7 Å². The summed E-state index contributed by atoms with van der Waals surface area (Å²) in [5, 5.41) is 21.6. The van der Waals surface area contributed by atoms with Crippen LogP contribution < -0.4 is 10.1 Å². The molecule has 0 aliphatic rings. The molecule has 2 heterocycles. The minimum atomic E-state index is -0.242. The lowest BCUT2D eigenvalue weighted by Crippen LogP contribution is -2.18. The standard InChI is InChI=1S/C26H26N6O2S/c1-16-6-11-23(17(2)12-16)31-15-28-30-26(31)35-14-24(33)29-25-22(13-27)18(3)19(4)32(25)20-7-9-21(34-5)10-8-20/h6-12,15H,14H2,1-5H3,(H,29,33). The summed E-state index contributed by atoms with van der Waals surface area (Å²) in [6, 6.07) is 15.9. The number of carbonyl (C=O) groups is 1. The first-order chi connectivity index (χ1) is 16.8. The van der Waals surface area contributed by atoms with Gasteiger partial charge in [-0.05, 0) is 69.2 Å². The highest BCUT2D eigenvalue weighted by Gasteiger charge is 2.21. The van der Waals surface area contributed by atoms with Crippen molar-refractivity contribution in [2.45, 2.75) is 32.9 Å². The molecule has 8 nitrogen and oxygen atoms in total. The number of rotatable bonds is 7. The molecule has 0 aliphatic carbocycles. The molecular weight excluding hydrogens is 460 g/mol. The van der Waals surface area contributed by atoms with E-state index in [0.717, 1.165) is 33.9 Å². The second-order valence-corrected chi connectivity index (χ2v) is 9.13. The van der Waals surface area contributed by atoms with Crippen LogP contribution >= 0.6 is 11.8 Å². The summed E-state index contributed by atoms with van der Waals surface area (Å²) < 4.78 is 9.01. The van der Waals surface area contributed by atoms with E-state index in [9.17, 15) is 10.1 Å². The lowest BCUT2D eigenvalue weighted by Gasteiger charge is -2.14. The number of nitrogens with one attached hydrogen (secondary N) is 1. The maximum absolute atomic E-state index is 13.0. The number of hydrogen-bond acceptors (Lipinski definition) is 6. The second-order valence-electron chi connectivity index (χ2n) is 8.19. The van der Waals surface area contributed by atoms with Gasteiger partial charge < -0.3 is 10.1 Å². The van der Waals surface area contributed by atoms with Crippen molar-refractivity contribution >= 4 is 23.5 Å². The van der Waals surface area contributed by atoms with E-state index in [4.69, 9.17) is 4.74 Å². The number of carbonyl (C=O) groups excluding carboxylic acids is 1. The number of aromatic nitrogens is 4. The molecule has 0 bridgehead atoms. The number of thioether (sulfide) groups is 1. The van der Waals surface area contributed by atoms with Gasteiger partial charge >= 0.3 is 0 Å². The first kappa shape index (κ1) is 24.1. The fraction of sp³-hybridized carbons (Fsp3) is 0.231. The minimum Gasteiger partial charge on any atom is -0.497 e. The van der Waals surface area contributed by atoms with E-state index in [1.54, 1.807) is 13.4 Å². The Morgan fingerprint density at radius 3 is 2.54 bits per heavy atom. The Hall–Kier alpha value is -4.03. The van der Waals surface area contributed by atoms with Crippen LogP contribution in [0.5, 0.6) is 5.75 Å². The van der Waals surface area contributed by atoms with Gasteiger partial charge in [-0.1, -0.05) is 29.5 Å². The number of ether oxygens (including phenoxy) is 1. The highest BCUT2D eigenvalue weighted by Crippen LogP contribution is 2.31. The molecule has 2 aromatic heterocycles. The topological polar surface area (TPSA) is 97.8 Å². The molecule has 4 rings (SSSR count). The van der Waals surface area contributed by atoms with Gasteiger partial charge in [-0.2, -0.15) is 5.26 Å². The van der Waals surface area contributed by atoms with Crippen LogP contribution in [0.4, 0.5) is 5.82 Å². The third-order valence-corrected chi connectivity index (χ3v) is 6.82. The van der Waals surface area contributed by atoms with Gasteiger partial charge in [-0.15, -0.1) is 10.2 Å². The van der Waals surface area contributed by atoms with Crippen molar-refractivity contribution < 1.29 is 9.53 Å². The van der Waals surface area contributed by atoms with Crippen LogP contribution in [-0.4, -0.2) is 38.1 Å². The van der Waals surface area contributed by atoms with Crippen LogP contribution in [0.1, 0.15) is 27.9 Å². The maximum Gasteiger partial charge on any atom is 0.236 e. The van der Waals surface area contributed by atoms with E-state index in [1.807, 2.05) is 73.2 Å². The van der Waals surface area contributed by atoms with Gasteiger partial charge in [-0.3, -0.25) is 13.9 Å². The fourth-order valence-corrected chi connectivity index (χ4v) is 4.70. The molecule has 1 amide bonds. The highest BCUT2D eigenvalue weighted by molar-refractivity contribution is 7.99. The van der Waals surface area contributed by atoms with Gasteiger partial charge in [0.1, 0.15) is 24.0 Å². The summed E-state index contributed by atoms with van der Waals surface area (Å²) >= 11 is 1.29. The molecular formula is C26H26N6O2S. The second kappa shape index (κ2) is 10.1. The summed E-state index contributed by atoms with van der Waals surface area (Å²) in [4.78, 5) is 13.0. The summed E-state index contributed by atoms with van der Waals surface area (Å²) in [6.07, 6.45) is 1.65. The van der Waals surface area contributed by atoms with Crippen LogP contribution in [0.3, 0.4) is 0 Å². The average molecular weight is 487 g/mol. The zero-order valence-corrected chi connectivity index (χ0v) is 21.1. The number of benzene rings is 2. The Bertz CT molecular complexity index is 1430. The smallest absolute Gasteiger partial charge is 0.236 e. The molecule has 178 valence electrons. The molecule has 9 heteroatoms. The van der Waals surface area contributed by atoms with Crippen molar-refractivity contribution in [1.82, 2.24) is 19.3 Å². The Kier molecular flexibility index (Phi) is 6.94. The molecule has 2 aromatic carbocycles. The first-order valence-corrected chi connectivity index (χ1v) is 12.0. The first-order valence-electron chi connectivity index (χ1n) is 11.0. The number of anilines is 1. The molecule has 0 atom stereocenters. The minimum absolute atomic E-state index is 0.111. The normalized spacial score (nSPS) is 10.7. The molecule has 0 spiro atoms. The number of nitrogens with zero attached hydrogens (tertiary/aromatic N) is 5. The Morgan fingerprint density at radius 2 is 1.89 bits per heavy atom. The molecule has 35 heavy (non-hydrogen) atoms. The van der Waals surface area contributed by atoms with Crippen LogP contribution in [0.2, 0.25) is 0 Å². The number of methoxy groups -OCH3 is 1. The van der Waals surface area contributed by atoms with E-state index in [-0.39, 0.29) is 11.7 Å². The molecule has 4 aromatic rings. The van der Waals surface area contributed by atoms with Gasteiger partial charge in [0.15, 0.2) is 5.16 Å². The lowest BCUT2D eigenvalue weighted by molar-refractivity contribution is -0.113. The predicted octanol–water partition coefficient (Wildman–Crippen LogP) is 4.90. The van der Waals surface area contributed by atoms with Crippen LogP contribution in [-0.2, 0) is 4.79 Å². The van der Waals surface area contributed by atoms with Gasteiger partial charge in [0.05, 0.1) is 24.1 Å². The monoisotopic (exact) mass is 486 g/mol. The molecule has 0 unspecified atom stereocenters. The Balaban J connectivity index is 1.57. The molecule has 1 N–H and O–H groups in total.